The third-order valence-corrected chi connectivity index (χ3v) is 5.87. The molecule has 1 N–H and O–H groups in total. The van der Waals surface area contributed by atoms with Gasteiger partial charge in [0.15, 0.2) is 0 Å². The maximum atomic E-state index is 12.9. The normalized spacial score (nSPS) is 19.5. The molecular weight excluding hydrogens is 441 g/mol. The van der Waals surface area contributed by atoms with E-state index in [0.717, 1.165) is 25.2 Å². The Morgan fingerprint density at radius 2 is 1.88 bits per heavy atom. The van der Waals surface area contributed by atoms with E-state index in [1.165, 1.54) is 6.07 Å². The van der Waals surface area contributed by atoms with Crippen LogP contribution < -0.4 is 10.5 Å². The molecule has 1 atom stereocenters. The minimum absolute atomic E-state index is 0.0141. The zero-order valence-corrected chi connectivity index (χ0v) is 17.5. The Bertz CT molecular complexity index is 1100. The number of aromatic nitrogens is 4. The van der Waals surface area contributed by atoms with Crippen molar-refractivity contribution in [2.75, 3.05) is 44.2 Å². The van der Waals surface area contributed by atoms with E-state index in [4.69, 9.17) is 5.26 Å². The first-order valence-electron chi connectivity index (χ1n) is 10.4. The van der Waals surface area contributed by atoms with Gasteiger partial charge in [-0.15, -0.1) is 0 Å². The Morgan fingerprint density at radius 3 is 2.52 bits per heavy atom. The summed E-state index contributed by atoms with van der Waals surface area (Å²) in [4.78, 5) is 37.5. The summed E-state index contributed by atoms with van der Waals surface area (Å²) in [5.74, 6) is 0.131. The summed E-state index contributed by atoms with van der Waals surface area (Å²) < 4.78 is 38.1. The fourth-order valence-corrected chi connectivity index (χ4v) is 4.09. The minimum Gasteiger partial charge on any atom is -0.338 e. The standard InChI is InChI=1S/C20H21F3N8O2/c21-20(22,23)14-10-25-19(26-11-14)30-6-4-29(5-7-30)17(32)12-31-3-1-2-16(31)15-8-13(9-24)18(33)28-27-15/h8,10-11,16H,1-7,12H2,(H,28,33). The summed E-state index contributed by atoms with van der Waals surface area (Å²) >= 11 is 0. The van der Waals surface area contributed by atoms with Gasteiger partial charge in [0.1, 0.15) is 11.6 Å². The van der Waals surface area contributed by atoms with Gasteiger partial charge in [0.2, 0.25) is 11.9 Å². The van der Waals surface area contributed by atoms with E-state index in [0.29, 0.717) is 38.4 Å². The number of alkyl halides is 3. The van der Waals surface area contributed by atoms with Gasteiger partial charge in [-0.1, -0.05) is 0 Å². The molecule has 2 aromatic rings. The molecular formula is C20H21F3N8O2. The predicted octanol–water partition coefficient (Wildman–Crippen LogP) is 0.936. The number of piperazine rings is 1. The average Bonchev–Trinajstić information content (AvgIpc) is 3.27. The molecule has 2 aliphatic heterocycles. The number of anilines is 1. The first-order chi connectivity index (χ1) is 15.8. The summed E-state index contributed by atoms with van der Waals surface area (Å²) in [5.41, 5.74) is -0.906. The van der Waals surface area contributed by atoms with Crippen LogP contribution in [0.25, 0.3) is 0 Å². The fourth-order valence-electron chi connectivity index (χ4n) is 4.09. The van der Waals surface area contributed by atoms with Crippen LogP contribution in [0.1, 0.15) is 35.7 Å². The Labute approximate surface area is 186 Å². The van der Waals surface area contributed by atoms with Crippen LogP contribution >= 0.6 is 0 Å². The molecule has 2 fully saturated rings. The molecule has 0 aliphatic carbocycles. The van der Waals surface area contributed by atoms with Gasteiger partial charge in [0.05, 0.1) is 23.8 Å². The van der Waals surface area contributed by atoms with E-state index in [1.54, 1.807) is 9.80 Å². The van der Waals surface area contributed by atoms with Crippen LogP contribution in [0, 0.1) is 11.3 Å². The van der Waals surface area contributed by atoms with Crippen LogP contribution in [-0.2, 0) is 11.0 Å². The molecule has 4 rings (SSSR count). The number of carbonyl (C=O) groups is 1. The molecule has 1 amide bonds. The summed E-state index contributed by atoms with van der Waals surface area (Å²) in [6, 6.07) is 3.15. The maximum Gasteiger partial charge on any atom is 0.419 e. The van der Waals surface area contributed by atoms with Gasteiger partial charge in [0.25, 0.3) is 5.56 Å². The number of H-pyrrole nitrogens is 1. The molecule has 13 heteroatoms. The van der Waals surface area contributed by atoms with Gasteiger partial charge >= 0.3 is 6.18 Å². The SMILES string of the molecule is N#Cc1cc(C2CCCN2CC(=O)N2CCN(c3ncc(C(F)(F)F)cn3)CC2)n[nH]c1=O. The molecule has 0 spiro atoms. The Morgan fingerprint density at radius 1 is 1.18 bits per heavy atom. The van der Waals surface area contributed by atoms with Crippen LogP contribution in [0.4, 0.5) is 19.1 Å². The molecule has 1 unspecified atom stereocenters. The first-order valence-corrected chi connectivity index (χ1v) is 10.4. The molecule has 2 saturated heterocycles. The summed E-state index contributed by atoms with van der Waals surface area (Å²) in [7, 11) is 0. The highest BCUT2D eigenvalue weighted by atomic mass is 19.4. The van der Waals surface area contributed by atoms with Gasteiger partial charge in [-0.2, -0.15) is 23.5 Å². The lowest BCUT2D eigenvalue weighted by Crippen LogP contribution is -2.51. The highest BCUT2D eigenvalue weighted by molar-refractivity contribution is 5.78. The molecule has 0 bridgehead atoms. The second-order valence-electron chi connectivity index (χ2n) is 7.91. The number of aromatic amines is 1. The van der Waals surface area contributed by atoms with Crippen molar-refractivity contribution >= 4 is 11.9 Å². The highest BCUT2D eigenvalue weighted by Crippen LogP contribution is 2.31. The third-order valence-electron chi connectivity index (χ3n) is 5.87. The molecule has 2 aromatic heterocycles. The lowest BCUT2D eigenvalue weighted by atomic mass is 10.1. The zero-order chi connectivity index (χ0) is 23.6. The molecule has 4 heterocycles. The van der Waals surface area contributed by atoms with Crippen molar-refractivity contribution in [1.29, 1.82) is 5.26 Å². The number of carbonyl (C=O) groups excluding carboxylic acids is 1. The van der Waals surface area contributed by atoms with Gasteiger partial charge < -0.3 is 9.80 Å². The second kappa shape index (κ2) is 9.14. The predicted molar refractivity (Wildman–Crippen MR) is 109 cm³/mol. The van der Waals surface area contributed by atoms with E-state index in [1.807, 2.05) is 11.0 Å². The number of amides is 1. The molecule has 0 aromatic carbocycles. The van der Waals surface area contributed by atoms with Crippen molar-refractivity contribution in [2.24, 2.45) is 0 Å². The van der Waals surface area contributed by atoms with E-state index < -0.39 is 17.3 Å². The molecule has 10 nitrogen and oxygen atoms in total. The monoisotopic (exact) mass is 462 g/mol. The van der Waals surface area contributed by atoms with Crippen molar-refractivity contribution in [1.82, 2.24) is 30.0 Å². The summed E-state index contributed by atoms with van der Waals surface area (Å²) in [6.45, 7) is 2.48. The Kier molecular flexibility index (Phi) is 6.28. The van der Waals surface area contributed by atoms with E-state index in [2.05, 4.69) is 20.2 Å². The van der Waals surface area contributed by atoms with Crippen molar-refractivity contribution in [2.45, 2.75) is 25.1 Å². The van der Waals surface area contributed by atoms with Crippen molar-refractivity contribution in [3.63, 3.8) is 0 Å². The molecule has 174 valence electrons. The second-order valence-corrected chi connectivity index (χ2v) is 7.91. The van der Waals surface area contributed by atoms with Gasteiger partial charge in [-0.3, -0.25) is 14.5 Å². The largest absolute Gasteiger partial charge is 0.419 e. The topological polar surface area (TPSA) is 122 Å². The molecule has 0 saturated carbocycles. The molecule has 2 aliphatic rings. The Hall–Kier alpha value is -3.53. The molecule has 0 radical (unpaired) electrons. The smallest absolute Gasteiger partial charge is 0.338 e. The summed E-state index contributed by atoms with van der Waals surface area (Å²) in [6.07, 6.45) is -1.35. The number of hydrogen-bond acceptors (Lipinski definition) is 8. The number of hydrogen-bond donors (Lipinski definition) is 1. The first kappa shape index (κ1) is 22.7. The van der Waals surface area contributed by atoms with Gasteiger partial charge in [-0.25, -0.2) is 15.1 Å². The van der Waals surface area contributed by atoms with Gasteiger partial charge in [-0.05, 0) is 25.5 Å². The number of halogens is 3. The number of nitrogens with zero attached hydrogens (tertiary/aromatic N) is 7. The van der Waals surface area contributed by atoms with Crippen LogP contribution in [0.2, 0.25) is 0 Å². The van der Waals surface area contributed by atoms with Crippen LogP contribution in [0.15, 0.2) is 23.3 Å². The van der Waals surface area contributed by atoms with Crippen LogP contribution in [0.3, 0.4) is 0 Å². The number of rotatable bonds is 4. The lowest BCUT2D eigenvalue weighted by molar-refractivity contribution is -0.138. The minimum atomic E-state index is -4.49. The fraction of sp³-hybridized carbons (Fsp3) is 0.500. The van der Waals surface area contributed by atoms with E-state index >= 15 is 0 Å². The zero-order valence-electron chi connectivity index (χ0n) is 17.5. The van der Waals surface area contributed by atoms with Crippen molar-refractivity contribution in [3.8, 4) is 6.07 Å². The quantitative estimate of drug-likeness (QED) is 0.712. The summed E-state index contributed by atoms with van der Waals surface area (Å²) in [5, 5.41) is 15.5. The van der Waals surface area contributed by atoms with Crippen LogP contribution in [-0.4, -0.2) is 75.1 Å². The van der Waals surface area contributed by atoms with Crippen molar-refractivity contribution < 1.29 is 18.0 Å². The number of likely N-dealkylation sites (tertiary alicyclic amines) is 1. The molecule has 33 heavy (non-hydrogen) atoms. The maximum absolute atomic E-state index is 12.9. The van der Waals surface area contributed by atoms with Crippen LogP contribution in [0.5, 0.6) is 0 Å². The number of nitrogens with one attached hydrogen (secondary N) is 1. The highest BCUT2D eigenvalue weighted by Gasteiger charge is 2.33. The van der Waals surface area contributed by atoms with E-state index in [9.17, 15) is 22.8 Å². The number of nitriles is 1. The Balaban J connectivity index is 1.34. The van der Waals surface area contributed by atoms with Gasteiger partial charge in [0, 0.05) is 38.6 Å². The van der Waals surface area contributed by atoms with Crippen molar-refractivity contribution in [3.05, 3.63) is 45.6 Å². The van der Waals surface area contributed by atoms with E-state index in [-0.39, 0.29) is 30.0 Å². The third kappa shape index (κ3) is 4.95. The average molecular weight is 462 g/mol. The lowest BCUT2D eigenvalue weighted by Gasteiger charge is -2.36.